The monoisotopic (exact) mass is 495 g/mol. The highest BCUT2D eigenvalue weighted by Gasteiger charge is 2.59. The highest BCUT2D eigenvalue weighted by atomic mass is 19.1. The van der Waals surface area contributed by atoms with Gasteiger partial charge >= 0.3 is 0 Å². The lowest BCUT2D eigenvalue weighted by Crippen LogP contribution is -2.49. The molecule has 192 valence electrons. The van der Waals surface area contributed by atoms with Crippen molar-refractivity contribution < 1.29 is 23.5 Å². The first-order chi connectivity index (χ1) is 17.4. The van der Waals surface area contributed by atoms with Crippen LogP contribution in [0.15, 0.2) is 42.5 Å². The zero-order valence-corrected chi connectivity index (χ0v) is 21.0. The number of halogens is 1. The summed E-state index contributed by atoms with van der Waals surface area (Å²) in [6, 6.07) is 12.0. The van der Waals surface area contributed by atoms with Crippen LogP contribution in [-0.2, 0) is 11.3 Å². The van der Waals surface area contributed by atoms with E-state index >= 15 is 0 Å². The molecule has 0 radical (unpaired) electrons. The Hall–Kier alpha value is -3.13. The smallest absolute Gasteiger partial charge is 0.253 e. The Labute approximate surface area is 211 Å². The largest absolute Gasteiger partial charge is 0.493 e. The van der Waals surface area contributed by atoms with E-state index < -0.39 is 0 Å². The van der Waals surface area contributed by atoms with Crippen LogP contribution in [0.25, 0.3) is 0 Å². The summed E-state index contributed by atoms with van der Waals surface area (Å²) in [7, 11) is 3.13. The van der Waals surface area contributed by atoms with Gasteiger partial charge in [-0.15, -0.1) is 0 Å². The van der Waals surface area contributed by atoms with Gasteiger partial charge in [-0.3, -0.25) is 14.5 Å². The molecule has 5 rings (SSSR count). The first kappa shape index (κ1) is 24.6. The summed E-state index contributed by atoms with van der Waals surface area (Å²) < 4.78 is 24.1. The number of likely N-dealkylation sites (tertiary alicyclic amines) is 1. The average molecular weight is 496 g/mol. The number of carbonyl (C=O) groups excluding carboxylic acids is 2. The molecule has 2 aliphatic heterocycles. The second-order valence-corrected chi connectivity index (χ2v) is 10.2. The van der Waals surface area contributed by atoms with Crippen molar-refractivity contribution in [1.29, 1.82) is 0 Å². The van der Waals surface area contributed by atoms with Gasteiger partial charge in [-0.2, -0.15) is 0 Å². The summed E-state index contributed by atoms with van der Waals surface area (Å²) >= 11 is 0. The number of piperidine rings is 1. The zero-order chi connectivity index (χ0) is 25.3. The molecule has 0 bridgehead atoms. The van der Waals surface area contributed by atoms with E-state index in [1.165, 1.54) is 6.07 Å². The number of hydrogen-bond acceptors (Lipinski definition) is 5. The van der Waals surface area contributed by atoms with Crippen molar-refractivity contribution in [2.24, 2.45) is 11.3 Å². The maximum absolute atomic E-state index is 13.5. The predicted molar refractivity (Wildman–Crippen MR) is 133 cm³/mol. The summed E-state index contributed by atoms with van der Waals surface area (Å²) in [5, 5.41) is 0. The molecule has 2 amide bonds. The first-order valence-corrected chi connectivity index (χ1v) is 12.7. The average Bonchev–Trinajstić information content (AvgIpc) is 3.61. The van der Waals surface area contributed by atoms with Crippen molar-refractivity contribution in [3.63, 3.8) is 0 Å². The Balaban J connectivity index is 1.11. The SMILES string of the molecule is COc1ccc(C(=O)N2CCC3(CC2)C[C@H]3C(=O)N2CCN(Cc3cccc(F)c3)CC2)cc1OC. The molecule has 1 saturated carbocycles. The van der Waals surface area contributed by atoms with E-state index in [9.17, 15) is 14.0 Å². The van der Waals surface area contributed by atoms with Gasteiger partial charge in [0.1, 0.15) is 5.82 Å². The third-order valence-corrected chi connectivity index (χ3v) is 8.14. The van der Waals surface area contributed by atoms with Crippen molar-refractivity contribution in [3.05, 3.63) is 59.4 Å². The van der Waals surface area contributed by atoms with E-state index in [2.05, 4.69) is 4.90 Å². The van der Waals surface area contributed by atoms with Gasteiger partial charge in [-0.05, 0) is 60.6 Å². The van der Waals surface area contributed by atoms with Crippen LogP contribution in [0.2, 0.25) is 0 Å². The molecule has 1 aliphatic carbocycles. The Bertz CT molecular complexity index is 1120. The van der Waals surface area contributed by atoms with Crippen LogP contribution in [0, 0.1) is 17.2 Å². The van der Waals surface area contributed by atoms with Gasteiger partial charge in [0.05, 0.1) is 14.2 Å². The maximum atomic E-state index is 13.5. The molecule has 2 aromatic carbocycles. The van der Waals surface area contributed by atoms with Gasteiger partial charge in [0, 0.05) is 57.3 Å². The molecule has 2 aromatic rings. The van der Waals surface area contributed by atoms with Gasteiger partial charge in [0.2, 0.25) is 5.91 Å². The molecule has 2 heterocycles. The van der Waals surface area contributed by atoms with Crippen molar-refractivity contribution in [2.45, 2.75) is 25.8 Å². The number of carbonyl (C=O) groups is 2. The van der Waals surface area contributed by atoms with E-state index in [-0.39, 0.29) is 29.0 Å². The molecule has 3 aliphatic rings. The number of nitrogens with zero attached hydrogens (tertiary/aromatic N) is 3. The molecule has 1 spiro atoms. The van der Waals surface area contributed by atoms with E-state index in [1.807, 2.05) is 15.9 Å². The van der Waals surface area contributed by atoms with Crippen molar-refractivity contribution >= 4 is 11.8 Å². The molecule has 0 aromatic heterocycles. The van der Waals surface area contributed by atoms with Crippen molar-refractivity contribution in [3.8, 4) is 11.5 Å². The minimum Gasteiger partial charge on any atom is -0.493 e. The minimum absolute atomic E-state index is 0.0104. The molecule has 36 heavy (non-hydrogen) atoms. The van der Waals surface area contributed by atoms with Crippen LogP contribution >= 0.6 is 0 Å². The summed E-state index contributed by atoms with van der Waals surface area (Å²) in [6.07, 6.45) is 2.65. The standard InChI is InChI=1S/C28H34FN3O4/c1-35-24-7-6-21(17-25(24)36-2)26(33)31-10-8-28(9-11-31)18-23(28)27(34)32-14-12-30(13-15-32)19-20-4-3-5-22(29)16-20/h3-7,16-17,23H,8-15,18-19H2,1-2H3/t23-/m0/s1. The lowest BCUT2D eigenvalue weighted by atomic mass is 9.90. The lowest BCUT2D eigenvalue weighted by molar-refractivity contribution is -0.135. The Morgan fingerprint density at radius 1 is 0.917 bits per heavy atom. The van der Waals surface area contributed by atoms with Crippen LogP contribution < -0.4 is 9.47 Å². The highest BCUT2D eigenvalue weighted by Crippen LogP contribution is 2.60. The summed E-state index contributed by atoms with van der Waals surface area (Å²) in [5.41, 5.74) is 1.60. The van der Waals surface area contributed by atoms with Crippen LogP contribution in [-0.4, -0.2) is 80.0 Å². The molecular formula is C28H34FN3O4. The molecular weight excluding hydrogens is 461 g/mol. The van der Waals surface area contributed by atoms with Gasteiger partial charge in [-0.1, -0.05) is 12.1 Å². The van der Waals surface area contributed by atoms with Gasteiger partial charge in [0.15, 0.2) is 11.5 Å². The Morgan fingerprint density at radius 3 is 2.31 bits per heavy atom. The topological polar surface area (TPSA) is 62.3 Å². The van der Waals surface area contributed by atoms with Crippen LogP contribution in [0.5, 0.6) is 11.5 Å². The van der Waals surface area contributed by atoms with Crippen LogP contribution in [0.1, 0.15) is 35.2 Å². The second kappa shape index (κ2) is 10.1. The minimum atomic E-state index is -0.211. The summed E-state index contributed by atoms with van der Waals surface area (Å²) in [6.45, 7) is 5.06. The van der Waals surface area contributed by atoms with Gasteiger partial charge in [-0.25, -0.2) is 4.39 Å². The fraction of sp³-hybridized carbons (Fsp3) is 0.500. The zero-order valence-electron chi connectivity index (χ0n) is 21.0. The van der Waals surface area contributed by atoms with Gasteiger partial charge < -0.3 is 19.3 Å². The normalized spacial score (nSPS) is 21.4. The lowest BCUT2D eigenvalue weighted by Gasteiger charge is -2.36. The fourth-order valence-electron chi connectivity index (χ4n) is 5.80. The molecule has 0 N–H and O–H groups in total. The number of ether oxygens (including phenoxy) is 2. The molecule has 1 atom stereocenters. The third kappa shape index (κ3) is 4.91. The predicted octanol–water partition coefficient (Wildman–Crippen LogP) is 3.43. The molecule has 7 nitrogen and oxygen atoms in total. The molecule has 2 saturated heterocycles. The quantitative estimate of drug-likeness (QED) is 0.615. The number of rotatable bonds is 6. The number of benzene rings is 2. The Kier molecular flexibility index (Phi) is 6.88. The van der Waals surface area contributed by atoms with E-state index in [0.717, 1.165) is 37.9 Å². The van der Waals surface area contributed by atoms with E-state index in [4.69, 9.17) is 9.47 Å². The van der Waals surface area contributed by atoms with Crippen LogP contribution in [0.3, 0.4) is 0 Å². The number of piperazine rings is 1. The summed E-state index contributed by atoms with van der Waals surface area (Å²) in [5.74, 6) is 1.26. The Morgan fingerprint density at radius 2 is 1.64 bits per heavy atom. The van der Waals surface area contributed by atoms with Gasteiger partial charge in [0.25, 0.3) is 5.91 Å². The number of methoxy groups -OCH3 is 2. The molecule has 8 heteroatoms. The van der Waals surface area contributed by atoms with Crippen molar-refractivity contribution in [2.75, 3.05) is 53.5 Å². The third-order valence-electron chi connectivity index (χ3n) is 8.14. The van der Waals surface area contributed by atoms with Crippen LogP contribution in [0.4, 0.5) is 4.39 Å². The fourth-order valence-corrected chi connectivity index (χ4v) is 5.80. The highest BCUT2D eigenvalue weighted by molar-refractivity contribution is 5.95. The van der Waals surface area contributed by atoms with E-state index in [1.54, 1.807) is 44.6 Å². The number of amides is 2. The second-order valence-electron chi connectivity index (χ2n) is 10.2. The maximum Gasteiger partial charge on any atom is 0.253 e. The van der Waals surface area contributed by atoms with Crippen molar-refractivity contribution in [1.82, 2.24) is 14.7 Å². The molecule has 3 fully saturated rings. The summed E-state index contributed by atoms with van der Waals surface area (Å²) in [4.78, 5) is 32.5. The first-order valence-electron chi connectivity index (χ1n) is 12.7. The van der Waals surface area contributed by atoms with E-state index in [0.29, 0.717) is 49.8 Å². The number of hydrogen-bond donors (Lipinski definition) is 0. The molecule has 0 unspecified atom stereocenters.